The largest absolute Gasteiger partial charge is 0.335 e. The maximum Gasteiger partial charge on any atom is 0.317 e. The molecular formula is C16H31N3OS. The van der Waals surface area contributed by atoms with Gasteiger partial charge in [0.25, 0.3) is 0 Å². The lowest BCUT2D eigenvalue weighted by molar-refractivity contribution is 0.134. The van der Waals surface area contributed by atoms with E-state index in [0.717, 1.165) is 25.1 Å². The van der Waals surface area contributed by atoms with Crippen LogP contribution in [0.2, 0.25) is 0 Å². The van der Waals surface area contributed by atoms with Crippen LogP contribution in [0, 0.1) is 0 Å². The highest BCUT2D eigenvalue weighted by atomic mass is 32.2. The smallest absolute Gasteiger partial charge is 0.317 e. The number of hydrogen-bond donors (Lipinski definition) is 2. The van der Waals surface area contributed by atoms with E-state index in [1.54, 1.807) is 0 Å². The zero-order valence-electron chi connectivity index (χ0n) is 14.3. The Kier molecular flexibility index (Phi) is 4.84. The summed E-state index contributed by atoms with van der Waals surface area (Å²) in [6, 6.07) is 0.681. The molecule has 0 spiro atoms. The second-order valence-electron chi connectivity index (χ2n) is 7.96. The van der Waals surface area contributed by atoms with Crippen molar-refractivity contribution in [2.24, 2.45) is 0 Å². The molecule has 0 bridgehead atoms. The Labute approximate surface area is 133 Å². The second-order valence-corrected chi connectivity index (χ2v) is 9.44. The number of hydrogen-bond acceptors (Lipinski definition) is 3. The predicted octanol–water partition coefficient (Wildman–Crippen LogP) is 2.83. The van der Waals surface area contributed by atoms with E-state index in [0.29, 0.717) is 11.3 Å². The van der Waals surface area contributed by atoms with Gasteiger partial charge in [-0.3, -0.25) is 0 Å². The van der Waals surface area contributed by atoms with E-state index in [-0.39, 0.29) is 23.2 Å². The van der Waals surface area contributed by atoms with Gasteiger partial charge in [0.2, 0.25) is 0 Å². The fourth-order valence-corrected chi connectivity index (χ4v) is 5.00. The molecule has 2 amide bonds. The fourth-order valence-electron chi connectivity index (χ4n) is 3.90. The quantitative estimate of drug-likeness (QED) is 0.782. The molecule has 2 aliphatic rings. The summed E-state index contributed by atoms with van der Waals surface area (Å²) < 4.78 is 0. The molecule has 4 nitrogen and oxygen atoms in total. The molecule has 2 atom stereocenters. The molecule has 2 saturated heterocycles. The van der Waals surface area contributed by atoms with Gasteiger partial charge < -0.3 is 15.5 Å². The first-order valence-electron chi connectivity index (χ1n) is 8.08. The van der Waals surface area contributed by atoms with Gasteiger partial charge in [-0.2, -0.15) is 11.8 Å². The van der Waals surface area contributed by atoms with Crippen molar-refractivity contribution in [2.75, 3.05) is 12.3 Å². The molecule has 2 rings (SSSR count). The SMILES string of the molecule is CC1SCCN(C(=O)NC2CC(C)(C)NC(C)(C)C2)C1C. The summed E-state index contributed by atoms with van der Waals surface area (Å²) in [5, 5.41) is 7.47. The highest BCUT2D eigenvalue weighted by molar-refractivity contribution is 8.00. The van der Waals surface area contributed by atoms with Crippen molar-refractivity contribution in [1.29, 1.82) is 0 Å². The lowest BCUT2D eigenvalue weighted by Crippen LogP contribution is -2.63. The normalized spacial score (nSPS) is 32.8. The number of carbonyl (C=O) groups is 1. The molecule has 0 radical (unpaired) electrons. The molecular weight excluding hydrogens is 282 g/mol. The minimum absolute atomic E-state index is 0.0658. The molecule has 2 heterocycles. The van der Waals surface area contributed by atoms with Gasteiger partial charge in [0.15, 0.2) is 0 Å². The first kappa shape index (κ1) is 16.9. The molecule has 0 aliphatic carbocycles. The molecule has 0 aromatic heterocycles. The summed E-state index contributed by atoms with van der Waals surface area (Å²) in [6.45, 7) is 14.1. The van der Waals surface area contributed by atoms with Crippen LogP contribution in [0.3, 0.4) is 0 Å². The van der Waals surface area contributed by atoms with Crippen molar-refractivity contribution < 1.29 is 4.79 Å². The monoisotopic (exact) mass is 313 g/mol. The maximum absolute atomic E-state index is 12.6. The van der Waals surface area contributed by atoms with E-state index < -0.39 is 0 Å². The van der Waals surface area contributed by atoms with Crippen LogP contribution in [0.25, 0.3) is 0 Å². The number of thioether (sulfide) groups is 1. The molecule has 2 fully saturated rings. The van der Waals surface area contributed by atoms with Crippen LogP contribution in [-0.2, 0) is 0 Å². The van der Waals surface area contributed by atoms with Crippen LogP contribution in [0.1, 0.15) is 54.4 Å². The average molecular weight is 314 g/mol. The second kappa shape index (κ2) is 5.99. The van der Waals surface area contributed by atoms with Crippen LogP contribution < -0.4 is 10.6 Å². The van der Waals surface area contributed by atoms with Crippen molar-refractivity contribution in [2.45, 2.75) is 82.8 Å². The van der Waals surface area contributed by atoms with E-state index in [2.05, 4.69) is 52.2 Å². The van der Waals surface area contributed by atoms with Gasteiger partial charge >= 0.3 is 6.03 Å². The first-order valence-corrected chi connectivity index (χ1v) is 9.13. The number of nitrogens with zero attached hydrogens (tertiary/aromatic N) is 1. The Morgan fingerprint density at radius 1 is 1.19 bits per heavy atom. The van der Waals surface area contributed by atoms with Gasteiger partial charge in [-0.15, -0.1) is 0 Å². The number of amides is 2. The van der Waals surface area contributed by atoms with Crippen molar-refractivity contribution >= 4 is 17.8 Å². The topological polar surface area (TPSA) is 44.4 Å². The van der Waals surface area contributed by atoms with Crippen LogP contribution in [0.5, 0.6) is 0 Å². The zero-order chi connectivity index (χ0) is 15.8. The summed E-state index contributed by atoms with van der Waals surface area (Å²) in [5.74, 6) is 1.04. The summed E-state index contributed by atoms with van der Waals surface area (Å²) >= 11 is 1.96. The van der Waals surface area contributed by atoms with Crippen LogP contribution in [0.15, 0.2) is 0 Å². The maximum atomic E-state index is 12.6. The molecule has 2 aliphatic heterocycles. The van der Waals surface area contributed by atoms with Crippen molar-refractivity contribution in [3.05, 3.63) is 0 Å². The van der Waals surface area contributed by atoms with Crippen LogP contribution >= 0.6 is 11.8 Å². The molecule has 0 saturated carbocycles. The van der Waals surface area contributed by atoms with Gasteiger partial charge in [-0.05, 0) is 47.5 Å². The van der Waals surface area contributed by atoms with E-state index in [9.17, 15) is 4.79 Å². The van der Waals surface area contributed by atoms with Gasteiger partial charge in [0.05, 0.1) is 0 Å². The van der Waals surface area contributed by atoms with Crippen molar-refractivity contribution in [3.8, 4) is 0 Å². The molecule has 2 N–H and O–H groups in total. The Bertz CT molecular complexity index is 381. The number of carbonyl (C=O) groups excluding carboxylic acids is 1. The van der Waals surface area contributed by atoms with Gasteiger partial charge in [0, 0.05) is 40.7 Å². The Balaban J connectivity index is 1.99. The molecule has 122 valence electrons. The third kappa shape index (κ3) is 4.28. The van der Waals surface area contributed by atoms with E-state index in [4.69, 9.17) is 0 Å². The molecule has 2 unspecified atom stereocenters. The lowest BCUT2D eigenvalue weighted by Gasteiger charge is -2.47. The number of nitrogens with one attached hydrogen (secondary N) is 2. The van der Waals surface area contributed by atoms with E-state index in [1.165, 1.54) is 0 Å². The standard InChI is InChI=1S/C16H31N3OS/c1-11-12(2)21-8-7-19(11)14(20)17-13-9-15(3,4)18-16(5,6)10-13/h11-13,18H,7-10H2,1-6H3,(H,17,20). The van der Waals surface area contributed by atoms with Gasteiger partial charge in [0.1, 0.15) is 0 Å². The molecule has 0 aromatic rings. The van der Waals surface area contributed by atoms with Crippen molar-refractivity contribution in [3.63, 3.8) is 0 Å². The third-order valence-electron chi connectivity index (χ3n) is 4.66. The highest BCUT2D eigenvalue weighted by Gasteiger charge is 2.39. The van der Waals surface area contributed by atoms with Crippen LogP contribution in [-0.4, -0.2) is 51.6 Å². The molecule has 5 heteroatoms. The van der Waals surface area contributed by atoms with Crippen molar-refractivity contribution in [1.82, 2.24) is 15.5 Å². The summed E-state index contributed by atoms with van der Waals surface area (Å²) in [4.78, 5) is 14.6. The number of urea groups is 1. The number of rotatable bonds is 1. The zero-order valence-corrected chi connectivity index (χ0v) is 15.1. The minimum Gasteiger partial charge on any atom is -0.335 e. The Morgan fingerprint density at radius 3 is 2.33 bits per heavy atom. The average Bonchev–Trinajstić information content (AvgIpc) is 2.28. The first-order chi connectivity index (χ1) is 9.60. The summed E-state index contributed by atoms with van der Waals surface area (Å²) in [5.41, 5.74) is 0.132. The van der Waals surface area contributed by atoms with Gasteiger partial charge in [-0.25, -0.2) is 4.79 Å². The molecule has 21 heavy (non-hydrogen) atoms. The minimum atomic E-state index is 0.0658. The van der Waals surface area contributed by atoms with E-state index in [1.807, 2.05) is 16.7 Å². The van der Waals surface area contributed by atoms with Gasteiger partial charge in [-0.1, -0.05) is 6.92 Å². The highest BCUT2D eigenvalue weighted by Crippen LogP contribution is 2.29. The lowest BCUT2D eigenvalue weighted by atomic mass is 9.79. The summed E-state index contributed by atoms with van der Waals surface area (Å²) in [6.07, 6.45) is 1.96. The Morgan fingerprint density at radius 2 is 1.76 bits per heavy atom. The molecule has 0 aromatic carbocycles. The Hall–Kier alpha value is -0.420. The summed E-state index contributed by atoms with van der Waals surface area (Å²) in [7, 11) is 0. The number of piperidine rings is 1. The third-order valence-corrected chi connectivity index (χ3v) is 6.00. The van der Waals surface area contributed by atoms with Crippen LogP contribution in [0.4, 0.5) is 4.79 Å². The van der Waals surface area contributed by atoms with E-state index >= 15 is 0 Å². The predicted molar refractivity (Wildman–Crippen MR) is 90.9 cm³/mol. The fraction of sp³-hybridized carbons (Fsp3) is 0.938.